The van der Waals surface area contributed by atoms with Gasteiger partial charge in [-0.3, -0.25) is 9.78 Å². The fraction of sp³-hybridized carbons (Fsp3) is 0.458. The van der Waals surface area contributed by atoms with Crippen molar-refractivity contribution in [3.05, 3.63) is 64.2 Å². The number of carbonyl (C=O) groups excluding carboxylic acids is 1. The van der Waals surface area contributed by atoms with E-state index in [4.69, 9.17) is 22.9 Å². The van der Waals surface area contributed by atoms with E-state index in [0.29, 0.717) is 27.9 Å². The van der Waals surface area contributed by atoms with E-state index in [1.165, 1.54) is 0 Å². The second kappa shape index (κ2) is 7.92. The zero-order valence-corrected chi connectivity index (χ0v) is 19.0. The van der Waals surface area contributed by atoms with E-state index >= 15 is 0 Å². The Morgan fingerprint density at radius 2 is 1.87 bits per heavy atom. The molecule has 6 heteroatoms. The van der Waals surface area contributed by atoms with Gasteiger partial charge in [-0.1, -0.05) is 59.2 Å². The topological polar surface area (TPSA) is 55.6 Å². The number of rotatable bonds is 5. The minimum atomic E-state index is -0.296. The summed E-state index contributed by atoms with van der Waals surface area (Å²) in [6.07, 6.45) is 1.50. The first-order valence-electron chi connectivity index (χ1n) is 10.1. The molecule has 5 nitrogen and oxygen atoms in total. The van der Waals surface area contributed by atoms with Crippen LogP contribution in [0.1, 0.15) is 63.5 Å². The molecule has 0 radical (unpaired) electrons. The Hall–Kier alpha value is -2.58. The number of carbonyl (C=O) groups is 1. The Morgan fingerprint density at radius 3 is 2.37 bits per heavy atom. The SMILES string of the molecule is [C-]#[N+]c1ccc(OC2C(C)(C)C(NC(=O)c3ccc(C(C)C)nc3)C2(C)C)cc1Cl. The van der Waals surface area contributed by atoms with E-state index in [2.05, 4.69) is 56.7 Å². The molecule has 1 heterocycles. The number of hydrogen-bond acceptors (Lipinski definition) is 3. The van der Waals surface area contributed by atoms with Crippen LogP contribution in [0.4, 0.5) is 5.69 Å². The molecule has 1 aromatic carbocycles. The maximum Gasteiger partial charge on any atom is 0.253 e. The van der Waals surface area contributed by atoms with Crippen molar-refractivity contribution in [2.24, 2.45) is 10.8 Å². The quantitative estimate of drug-likeness (QED) is 0.596. The molecule has 1 fully saturated rings. The summed E-state index contributed by atoms with van der Waals surface area (Å²) in [5.74, 6) is 0.811. The molecule has 158 valence electrons. The molecule has 1 saturated carbocycles. The van der Waals surface area contributed by atoms with Crippen LogP contribution >= 0.6 is 11.6 Å². The predicted octanol–water partition coefficient (Wildman–Crippen LogP) is 6.02. The van der Waals surface area contributed by atoms with Gasteiger partial charge in [0.25, 0.3) is 5.91 Å². The molecule has 1 N–H and O–H groups in total. The van der Waals surface area contributed by atoms with Crippen molar-refractivity contribution in [3.63, 3.8) is 0 Å². The normalized spacial score (nSPS) is 21.4. The average molecular weight is 426 g/mol. The van der Waals surface area contributed by atoms with Crippen molar-refractivity contribution >= 4 is 23.2 Å². The van der Waals surface area contributed by atoms with Gasteiger partial charge < -0.3 is 10.1 Å². The highest BCUT2D eigenvalue weighted by molar-refractivity contribution is 6.33. The standard InChI is InChI=1S/C24H28ClN3O2/c1-14(2)18-10-8-15(13-27-18)20(29)28-21-23(3,4)22(24(21,5)6)30-16-9-11-19(26-7)17(25)12-16/h8-14,21-22H,1-6H3,(H,28,29). The fourth-order valence-electron chi connectivity index (χ4n) is 4.68. The third-order valence-electron chi connectivity index (χ3n) is 6.05. The molecule has 0 spiro atoms. The molecule has 0 atom stereocenters. The summed E-state index contributed by atoms with van der Waals surface area (Å²) in [6.45, 7) is 19.6. The van der Waals surface area contributed by atoms with Gasteiger partial charge in [0, 0.05) is 28.8 Å². The maximum atomic E-state index is 12.8. The lowest BCUT2D eigenvalue weighted by atomic mass is 9.49. The van der Waals surface area contributed by atoms with Gasteiger partial charge in [-0.25, -0.2) is 4.85 Å². The maximum absolute atomic E-state index is 12.8. The second-order valence-corrected chi connectivity index (χ2v) is 9.81. The van der Waals surface area contributed by atoms with E-state index < -0.39 is 0 Å². The highest BCUT2D eigenvalue weighted by Crippen LogP contribution is 2.55. The lowest BCUT2D eigenvalue weighted by Crippen LogP contribution is -2.74. The van der Waals surface area contributed by atoms with Gasteiger partial charge >= 0.3 is 0 Å². The van der Waals surface area contributed by atoms with Crippen LogP contribution in [0.25, 0.3) is 4.85 Å². The van der Waals surface area contributed by atoms with Crippen LogP contribution in [0, 0.1) is 17.4 Å². The predicted molar refractivity (Wildman–Crippen MR) is 119 cm³/mol. The van der Waals surface area contributed by atoms with Gasteiger partial charge in [0.2, 0.25) is 5.69 Å². The molecule has 1 aromatic heterocycles. The van der Waals surface area contributed by atoms with E-state index in [9.17, 15) is 4.79 Å². The molecular formula is C24H28ClN3O2. The van der Waals surface area contributed by atoms with Crippen molar-refractivity contribution in [2.75, 3.05) is 0 Å². The average Bonchev–Trinajstić information content (AvgIpc) is 2.69. The zero-order valence-electron chi connectivity index (χ0n) is 18.3. The number of amides is 1. The number of hydrogen-bond donors (Lipinski definition) is 1. The van der Waals surface area contributed by atoms with Crippen molar-refractivity contribution in [3.8, 4) is 5.75 Å². The monoisotopic (exact) mass is 425 g/mol. The number of nitrogens with one attached hydrogen (secondary N) is 1. The van der Waals surface area contributed by atoms with Crippen molar-refractivity contribution in [1.29, 1.82) is 0 Å². The van der Waals surface area contributed by atoms with Crippen LogP contribution in [-0.2, 0) is 0 Å². The zero-order chi connectivity index (χ0) is 22.3. The molecule has 0 saturated heterocycles. The molecule has 1 aliphatic rings. The first kappa shape index (κ1) is 22.1. The van der Waals surface area contributed by atoms with Gasteiger partial charge in [0.05, 0.1) is 17.2 Å². The van der Waals surface area contributed by atoms with Crippen LogP contribution in [0.3, 0.4) is 0 Å². The van der Waals surface area contributed by atoms with Gasteiger partial charge in [0.1, 0.15) is 11.9 Å². The number of pyridine rings is 1. The molecule has 1 amide bonds. The molecule has 2 aromatic rings. The highest BCUT2D eigenvalue weighted by Gasteiger charge is 2.64. The molecule has 0 unspecified atom stereocenters. The summed E-state index contributed by atoms with van der Waals surface area (Å²) in [5, 5.41) is 3.56. The molecule has 3 rings (SSSR count). The second-order valence-electron chi connectivity index (χ2n) is 9.40. The summed E-state index contributed by atoms with van der Waals surface area (Å²) < 4.78 is 6.27. The summed E-state index contributed by atoms with van der Waals surface area (Å²) in [7, 11) is 0. The number of halogens is 1. The van der Waals surface area contributed by atoms with Crippen LogP contribution in [0.2, 0.25) is 5.02 Å². The molecule has 1 aliphatic carbocycles. The van der Waals surface area contributed by atoms with E-state index in [0.717, 1.165) is 5.69 Å². The summed E-state index contributed by atoms with van der Waals surface area (Å²) in [6, 6.07) is 8.75. The third-order valence-corrected chi connectivity index (χ3v) is 6.35. The largest absolute Gasteiger partial charge is 0.489 e. The number of benzene rings is 1. The first-order valence-corrected chi connectivity index (χ1v) is 10.5. The minimum Gasteiger partial charge on any atom is -0.489 e. The number of ether oxygens (including phenoxy) is 1. The fourth-order valence-corrected chi connectivity index (χ4v) is 4.90. The summed E-state index contributed by atoms with van der Waals surface area (Å²) >= 11 is 6.16. The third kappa shape index (κ3) is 3.89. The van der Waals surface area contributed by atoms with Crippen LogP contribution in [0.5, 0.6) is 5.75 Å². The molecular weight excluding hydrogens is 398 g/mol. The summed E-state index contributed by atoms with van der Waals surface area (Å²) in [5.41, 5.74) is 1.33. The Kier molecular flexibility index (Phi) is 5.84. The Morgan fingerprint density at radius 1 is 1.20 bits per heavy atom. The number of aromatic nitrogens is 1. The van der Waals surface area contributed by atoms with Crippen LogP contribution < -0.4 is 10.1 Å². The van der Waals surface area contributed by atoms with Gasteiger partial charge in [-0.15, -0.1) is 0 Å². The Bertz CT molecular complexity index is 975. The van der Waals surface area contributed by atoms with Gasteiger partial charge in [-0.05, 0) is 30.2 Å². The van der Waals surface area contributed by atoms with E-state index in [1.807, 2.05) is 12.1 Å². The van der Waals surface area contributed by atoms with Crippen molar-refractivity contribution in [2.45, 2.75) is 59.6 Å². The molecule has 0 bridgehead atoms. The number of nitrogens with zero attached hydrogens (tertiary/aromatic N) is 2. The van der Waals surface area contributed by atoms with Crippen molar-refractivity contribution in [1.82, 2.24) is 10.3 Å². The minimum absolute atomic E-state index is 0.0785. The van der Waals surface area contributed by atoms with Crippen LogP contribution in [-0.4, -0.2) is 23.0 Å². The van der Waals surface area contributed by atoms with Crippen molar-refractivity contribution < 1.29 is 9.53 Å². The van der Waals surface area contributed by atoms with E-state index in [-0.39, 0.29) is 28.9 Å². The van der Waals surface area contributed by atoms with Gasteiger partial charge in [0.15, 0.2) is 0 Å². The molecule has 30 heavy (non-hydrogen) atoms. The lowest BCUT2D eigenvalue weighted by Gasteiger charge is -2.63. The van der Waals surface area contributed by atoms with E-state index in [1.54, 1.807) is 24.4 Å². The highest BCUT2D eigenvalue weighted by atomic mass is 35.5. The Balaban J connectivity index is 1.74. The lowest BCUT2D eigenvalue weighted by molar-refractivity contribution is -0.164. The summed E-state index contributed by atoms with van der Waals surface area (Å²) in [4.78, 5) is 20.6. The Labute approximate surface area is 183 Å². The first-order chi connectivity index (χ1) is 14.0. The van der Waals surface area contributed by atoms with Gasteiger partial charge in [-0.2, -0.15) is 0 Å². The smallest absolute Gasteiger partial charge is 0.253 e. The van der Waals surface area contributed by atoms with Crippen LogP contribution in [0.15, 0.2) is 36.5 Å². The molecule has 0 aliphatic heterocycles.